The molecule has 17 heavy (non-hydrogen) atoms. The van der Waals surface area contributed by atoms with E-state index in [1.165, 1.54) is 0 Å². The number of anilines is 1. The van der Waals surface area contributed by atoms with Gasteiger partial charge in [0, 0.05) is 18.3 Å². The van der Waals surface area contributed by atoms with Gasteiger partial charge < -0.3 is 10.8 Å². The van der Waals surface area contributed by atoms with Crippen LogP contribution in [-0.4, -0.2) is 36.1 Å². The number of benzene rings is 1. The Labute approximate surface area is 99.8 Å². The van der Waals surface area contributed by atoms with Gasteiger partial charge in [0.2, 0.25) is 0 Å². The van der Waals surface area contributed by atoms with Crippen LogP contribution in [0.15, 0.2) is 24.3 Å². The molecule has 0 aliphatic heterocycles. The number of nitrogen functional groups attached to an aromatic ring is 1. The average molecular weight is 244 g/mol. The van der Waals surface area contributed by atoms with Gasteiger partial charge in [-0.3, -0.25) is 4.90 Å². The minimum Gasteiger partial charge on any atom is -0.399 e. The fraction of sp³-hybridized carbons (Fsp3) is 0.500. The molecular weight excluding hydrogens is 226 g/mol. The number of halogens is 2. The number of nitrogens with zero attached hydrogens (tertiary/aromatic N) is 1. The minimum atomic E-state index is -2.41. The molecular formula is C12H18F2N2O. The van der Waals surface area contributed by atoms with Crippen molar-refractivity contribution in [3.63, 3.8) is 0 Å². The van der Waals surface area contributed by atoms with Crippen LogP contribution in [0.3, 0.4) is 0 Å². The Bertz CT molecular complexity index is 347. The Morgan fingerprint density at radius 2 is 2.12 bits per heavy atom. The Hall–Kier alpha value is -1.20. The lowest BCUT2D eigenvalue weighted by Crippen LogP contribution is -2.34. The quantitative estimate of drug-likeness (QED) is 0.751. The van der Waals surface area contributed by atoms with Gasteiger partial charge >= 0.3 is 0 Å². The van der Waals surface area contributed by atoms with Gasteiger partial charge in [-0.05, 0) is 24.6 Å². The van der Waals surface area contributed by atoms with E-state index in [2.05, 4.69) is 0 Å². The van der Waals surface area contributed by atoms with E-state index in [4.69, 9.17) is 10.8 Å². The molecule has 96 valence electrons. The van der Waals surface area contributed by atoms with Crippen LogP contribution in [-0.2, 0) is 0 Å². The molecule has 0 amide bonds. The van der Waals surface area contributed by atoms with Gasteiger partial charge in [0.25, 0.3) is 6.43 Å². The molecule has 3 nitrogen and oxygen atoms in total. The maximum absolute atomic E-state index is 12.4. The second-order valence-corrected chi connectivity index (χ2v) is 3.96. The molecule has 1 rings (SSSR count). The summed E-state index contributed by atoms with van der Waals surface area (Å²) < 4.78 is 24.8. The summed E-state index contributed by atoms with van der Waals surface area (Å²) >= 11 is 0. The SMILES string of the molecule is CC(c1cccc(N)c1)N(CCO)CC(F)F. The van der Waals surface area contributed by atoms with E-state index in [0.29, 0.717) is 5.69 Å². The zero-order chi connectivity index (χ0) is 12.8. The second-order valence-electron chi connectivity index (χ2n) is 3.96. The first-order valence-electron chi connectivity index (χ1n) is 5.53. The van der Waals surface area contributed by atoms with Crippen LogP contribution in [0.25, 0.3) is 0 Å². The molecule has 0 spiro atoms. The van der Waals surface area contributed by atoms with Gasteiger partial charge in [0.05, 0.1) is 13.2 Å². The summed E-state index contributed by atoms with van der Waals surface area (Å²) in [5, 5.41) is 8.89. The number of aliphatic hydroxyl groups is 1. The van der Waals surface area contributed by atoms with E-state index in [0.717, 1.165) is 5.56 Å². The Kier molecular flexibility index (Phi) is 5.31. The van der Waals surface area contributed by atoms with Crippen LogP contribution in [0.2, 0.25) is 0 Å². The summed E-state index contributed by atoms with van der Waals surface area (Å²) in [7, 11) is 0. The molecule has 0 fully saturated rings. The predicted octanol–water partition coefficient (Wildman–Crippen LogP) is 1.89. The normalized spacial score (nSPS) is 13.3. The van der Waals surface area contributed by atoms with Gasteiger partial charge in [-0.1, -0.05) is 12.1 Å². The van der Waals surface area contributed by atoms with Crippen LogP contribution >= 0.6 is 0 Å². The van der Waals surface area contributed by atoms with Crippen molar-refractivity contribution in [1.29, 1.82) is 0 Å². The maximum Gasteiger partial charge on any atom is 0.251 e. The molecule has 1 unspecified atom stereocenters. The molecule has 0 aromatic heterocycles. The van der Waals surface area contributed by atoms with Crippen molar-refractivity contribution in [2.75, 3.05) is 25.4 Å². The molecule has 0 bridgehead atoms. The van der Waals surface area contributed by atoms with E-state index in [1.807, 2.05) is 13.0 Å². The fourth-order valence-electron chi connectivity index (χ4n) is 1.78. The standard InChI is InChI=1S/C12H18F2N2O/c1-9(10-3-2-4-11(15)7-10)16(5-6-17)8-12(13)14/h2-4,7,9,12,17H,5-6,8,15H2,1H3. The first-order chi connectivity index (χ1) is 8.04. The van der Waals surface area contributed by atoms with Crippen molar-refractivity contribution in [1.82, 2.24) is 4.90 Å². The summed E-state index contributed by atoms with van der Waals surface area (Å²) in [6.07, 6.45) is -2.41. The summed E-state index contributed by atoms with van der Waals surface area (Å²) in [5.41, 5.74) is 7.14. The van der Waals surface area contributed by atoms with Crippen molar-refractivity contribution in [2.24, 2.45) is 0 Å². The molecule has 0 aliphatic rings. The number of hydrogen-bond donors (Lipinski definition) is 2. The molecule has 1 aromatic rings. The third kappa shape index (κ3) is 4.28. The number of alkyl halides is 2. The van der Waals surface area contributed by atoms with Gasteiger partial charge in [0.1, 0.15) is 0 Å². The van der Waals surface area contributed by atoms with Crippen molar-refractivity contribution in [3.8, 4) is 0 Å². The third-order valence-electron chi connectivity index (χ3n) is 2.70. The van der Waals surface area contributed by atoms with Crippen LogP contribution in [0.4, 0.5) is 14.5 Å². The Balaban J connectivity index is 2.79. The molecule has 0 aliphatic carbocycles. The minimum absolute atomic E-state index is 0.140. The lowest BCUT2D eigenvalue weighted by atomic mass is 10.1. The monoisotopic (exact) mass is 244 g/mol. The zero-order valence-corrected chi connectivity index (χ0v) is 9.81. The number of nitrogens with two attached hydrogens (primary N) is 1. The number of aliphatic hydroxyl groups excluding tert-OH is 1. The highest BCUT2D eigenvalue weighted by atomic mass is 19.3. The zero-order valence-electron chi connectivity index (χ0n) is 9.81. The molecule has 1 atom stereocenters. The second kappa shape index (κ2) is 6.51. The molecule has 1 aromatic carbocycles. The van der Waals surface area contributed by atoms with Gasteiger partial charge in [0.15, 0.2) is 0 Å². The van der Waals surface area contributed by atoms with Crippen molar-refractivity contribution < 1.29 is 13.9 Å². The first-order valence-corrected chi connectivity index (χ1v) is 5.53. The summed E-state index contributed by atoms with van der Waals surface area (Å²) in [4.78, 5) is 1.54. The Morgan fingerprint density at radius 1 is 1.41 bits per heavy atom. The van der Waals surface area contributed by atoms with Gasteiger partial charge in [-0.15, -0.1) is 0 Å². The van der Waals surface area contributed by atoms with Crippen LogP contribution in [0, 0.1) is 0 Å². The van der Waals surface area contributed by atoms with Crippen molar-refractivity contribution >= 4 is 5.69 Å². The molecule has 3 N–H and O–H groups in total. The van der Waals surface area contributed by atoms with Gasteiger partial charge in [-0.2, -0.15) is 0 Å². The molecule has 5 heteroatoms. The lowest BCUT2D eigenvalue weighted by Gasteiger charge is -2.28. The van der Waals surface area contributed by atoms with E-state index in [9.17, 15) is 8.78 Å². The number of hydrogen-bond acceptors (Lipinski definition) is 3. The molecule has 0 saturated heterocycles. The molecule has 0 saturated carbocycles. The van der Waals surface area contributed by atoms with E-state index < -0.39 is 6.43 Å². The van der Waals surface area contributed by atoms with Crippen molar-refractivity contribution in [3.05, 3.63) is 29.8 Å². The number of rotatable bonds is 6. The molecule has 0 heterocycles. The largest absolute Gasteiger partial charge is 0.399 e. The highest BCUT2D eigenvalue weighted by Crippen LogP contribution is 2.22. The van der Waals surface area contributed by atoms with Crippen LogP contribution in [0.1, 0.15) is 18.5 Å². The first kappa shape index (κ1) is 13.9. The highest BCUT2D eigenvalue weighted by Gasteiger charge is 2.19. The summed E-state index contributed by atoms with van der Waals surface area (Å²) in [5.74, 6) is 0. The third-order valence-corrected chi connectivity index (χ3v) is 2.70. The highest BCUT2D eigenvalue weighted by molar-refractivity contribution is 5.41. The fourth-order valence-corrected chi connectivity index (χ4v) is 1.78. The van der Waals surface area contributed by atoms with Crippen LogP contribution in [0.5, 0.6) is 0 Å². The van der Waals surface area contributed by atoms with Gasteiger partial charge in [-0.25, -0.2) is 8.78 Å². The Morgan fingerprint density at radius 3 is 2.65 bits per heavy atom. The van der Waals surface area contributed by atoms with E-state index in [1.54, 1.807) is 23.1 Å². The van der Waals surface area contributed by atoms with E-state index >= 15 is 0 Å². The van der Waals surface area contributed by atoms with E-state index in [-0.39, 0.29) is 25.7 Å². The van der Waals surface area contributed by atoms with Crippen molar-refractivity contribution in [2.45, 2.75) is 19.4 Å². The summed E-state index contributed by atoms with van der Waals surface area (Å²) in [6.45, 7) is 1.56. The summed E-state index contributed by atoms with van der Waals surface area (Å²) in [6, 6.07) is 6.96. The lowest BCUT2D eigenvalue weighted by molar-refractivity contribution is 0.0586. The maximum atomic E-state index is 12.4. The molecule has 0 radical (unpaired) electrons. The average Bonchev–Trinajstić information content (AvgIpc) is 2.27. The topological polar surface area (TPSA) is 49.5 Å². The predicted molar refractivity (Wildman–Crippen MR) is 63.9 cm³/mol. The van der Waals surface area contributed by atoms with Crippen LogP contribution < -0.4 is 5.73 Å². The smallest absolute Gasteiger partial charge is 0.251 e.